The number of aliphatic carboxylic acids is 1. The molecule has 5 heteroatoms. The van der Waals surface area contributed by atoms with Gasteiger partial charge in [-0.25, -0.2) is 0 Å². The maximum atomic E-state index is 10.4. The van der Waals surface area contributed by atoms with E-state index < -0.39 is 5.97 Å². The Morgan fingerprint density at radius 2 is 1.67 bits per heavy atom. The zero-order valence-corrected chi connectivity index (χ0v) is 11.4. The van der Waals surface area contributed by atoms with Gasteiger partial charge in [0.2, 0.25) is 0 Å². The van der Waals surface area contributed by atoms with E-state index in [4.69, 9.17) is 14.6 Å². The van der Waals surface area contributed by atoms with E-state index in [1.165, 1.54) is 0 Å². The largest absolute Gasteiger partial charge is 0.504 e. The molecule has 5 nitrogen and oxygen atoms in total. The standard InChI is InChI=1S/C16H16O5/c17-14-4-1-2-5-15(14)21-13-9-7-12(8-10-13)20-11-3-6-16(18)19/h1-2,4-5,7-10,17H,3,6,11H2,(H,18,19). The Labute approximate surface area is 122 Å². The summed E-state index contributed by atoms with van der Waals surface area (Å²) in [5.74, 6) is 0.851. The molecule has 2 aromatic rings. The highest BCUT2D eigenvalue weighted by molar-refractivity contribution is 5.66. The molecule has 0 aliphatic carbocycles. The van der Waals surface area contributed by atoms with Crippen LogP contribution >= 0.6 is 0 Å². The Kier molecular flexibility index (Phi) is 5.04. The van der Waals surface area contributed by atoms with Gasteiger partial charge in [-0.2, -0.15) is 0 Å². The van der Waals surface area contributed by atoms with E-state index >= 15 is 0 Å². The van der Waals surface area contributed by atoms with Gasteiger partial charge in [-0.3, -0.25) is 4.79 Å². The van der Waals surface area contributed by atoms with Crippen LogP contribution in [0.15, 0.2) is 48.5 Å². The van der Waals surface area contributed by atoms with E-state index in [2.05, 4.69) is 0 Å². The monoisotopic (exact) mass is 288 g/mol. The summed E-state index contributed by atoms with van der Waals surface area (Å²) in [6.07, 6.45) is 0.556. The van der Waals surface area contributed by atoms with E-state index in [0.717, 1.165) is 0 Å². The number of ether oxygens (including phenoxy) is 2. The lowest BCUT2D eigenvalue weighted by Crippen LogP contribution is -2.01. The molecule has 0 saturated heterocycles. The lowest BCUT2D eigenvalue weighted by Gasteiger charge is -2.09. The molecule has 0 amide bonds. The van der Waals surface area contributed by atoms with Gasteiger partial charge in [0, 0.05) is 6.42 Å². The van der Waals surface area contributed by atoms with E-state index in [9.17, 15) is 9.90 Å². The number of carboxylic acid groups (broad SMARTS) is 1. The number of phenolic OH excluding ortho intramolecular Hbond substituents is 1. The van der Waals surface area contributed by atoms with Crippen molar-refractivity contribution in [1.29, 1.82) is 0 Å². The van der Waals surface area contributed by atoms with Crippen LogP contribution in [0.2, 0.25) is 0 Å². The first-order valence-electron chi connectivity index (χ1n) is 6.55. The lowest BCUT2D eigenvalue weighted by atomic mass is 10.3. The Hall–Kier alpha value is -2.69. The van der Waals surface area contributed by atoms with Gasteiger partial charge in [-0.1, -0.05) is 12.1 Å². The Morgan fingerprint density at radius 3 is 2.33 bits per heavy atom. The third-order valence-corrected chi connectivity index (χ3v) is 2.72. The molecule has 0 radical (unpaired) electrons. The summed E-state index contributed by atoms with van der Waals surface area (Å²) in [5.41, 5.74) is 0. The molecule has 110 valence electrons. The number of hydrogen-bond donors (Lipinski definition) is 2. The molecular weight excluding hydrogens is 272 g/mol. The van der Waals surface area contributed by atoms with E-state index in [1.807, 2.05) is 0 Å². The lowest BCUT2D eigenvalue weighted by molar-refractivity contribution is -0.137. The summed E-state index contributed by atoms with van der Waals surface area (Å²) < 4.78 is 11.0. The van der Waals surface area contributed by atoms with Crippen molar-refractivity contribution in [3.05, 3.63) is 48.5 Å². The van der Waals surface area contributed by atoms with Crippen molar-refractivity contribution in [3.8, 4) is 23.0 Å². The van der Waals surface area contributed by atoms with Gasteiger partial charge in [0.25, 0.3) is 0 Å². The first-order valence-corrected chi connectivity index (χ1v) is 6.55. The third kappa shape index (κ3) is 4.72. The minimum Gasteiger partial charge on any atom is -0.504 e. The average molecular weight is 288 g/mol. The fourth-order valence-corrected chi connectivity index (χ4v) is 1.69. The topological polar surface area (TPSA) is 76.0 Å². The molecule has 0 atom stereocenters. The molecule has 0 heterocycles. The fourth-order valence-electron chi connectivity index (χ4n) is 1.69. The van der Waals surface area contributed by atoms with Crippen LogP contribution < -0.4 is 9.47 Å². The highest BCUT2D eigenvalue weighted by atomic mass is 16.5. The fraction of sp³-hybridized carbons (Fsp3) is 0.188. The molecule has 0 unspecified atom stereocenters. The van der Waals surface area contributed by atoms with Gasteiger partial charge < -0.3 is 19.7 Å². The number of para-hydroxylation sites is 2. The van der Waals surface area contributed by atoms with Gasteiger partial charge in [-0.15, -0.1) is 0 Å². The summed E-state index contributed by atoms with van der Waals surface area (Å²) >= 11 is 0. The zero-order valence-electron chi connectivity index (χ0n) is 11.4. The molecule has 0 bridgehead atoms. The second kappa shape index (κ2) is 7.19. The van der Waals surface area contributed by atoms with Crippen LogP contribution in [0.25, 0.3) is 0 Å². The number of carbonyl (C=O) groups is 1. The maximum absolute atomic E-state index is 10.4. The highest BCUT2D eigenvalue weighted by Crippen LogP contribution is 2.30. The van der Waals surface area contributed by atoms with Crippen LogP contribution in [0.1, 0.15) is 12.8 Å². The minimum atomic E-state index is -0.829. The number of hydrogen-bond acceptors (Lipinski definition) is 4. The first kappa shape index (κ1) is 14.7. The maximum Gasteiger partial charge on any atom is 0.303 e. The number of benzene rings is 2. The van der Waals surface area contributed by atoms with Crippen molar-refractivity contribution in [3.63, 3.8) is 0 Å². The summed E-state index contributed by atoms with van der Waals surface area (Å²) in [4.78, 5) is 10.4. The van der Waals surface area contributed by atoms with Crippen LogP contribution in [0.5, 0.6) is 23.0 Å². The smallest absolute Gasteiger partial charge is 0.303 e. The van der Waals surface area contributed by atoms with Gasteiger partial charge in [0.15, 0.2) is 11.5 Å². The Balaban J connectivity index is 1.87. The molecule has 2 rings (SSSR count). The van der Waals surface area contributed by atoms with Gasteiger partial charge in [0.05, 0.1) is 6.61 Å². The molecule has 0 aliphatic rings. The molecule has 0 saturated carbocycles. The van der Waals surface area contributed by atoms with Crippen molar-refractivity contribution >= 4 is 5.97 Å². The van der Waals surface area contributed by atoms with E-state index in [-0.39, 0.29) is 12.2 Å². The molecule has 2 N–H and O–H groups in total. The van der Waals surface area contributed by atoms with Crippen molar-refractivity contribution in [2.75, 3.05) is 6.61 Å². The van der Waals surface area contributed by atoms with Crippen LogP contribution in [-0.2, 0) is 4.79 Å². The SMILES string of the molecule is O=C(O)CCCOc1ccc(Oc2ccccc2O)cc1. The summed E-state index contributed by atoms with van der Waals surface area (Å²) in [7, 11) is 0. The molecule has 21 heavy (non-hydrogen) atoms. The van der Waals surface area contributed by atoms with Crippen LogP contribution in [0.3, 0.4) is 0 Å². The van der Waals surface area contributed by atoms with Crippen LogP contribution in [0, 0.1) is 0 Å². The predicted molar refractivity (Wildman–Crippen MR) is 77.0 cm³/mol. The number of carboxylic acids is 1. The second-order valence-electron chi connectivity index (χ2n) is 4.39. The normalized spacial score (nSPS) is 10.1. The first-order chi connectivity index (χ1) is 10.1. The molecule has 0 aromatic heterocycles. The summed E-state index contributed by atoms with van der Waals surface area (Å²) in [6.45, 7) is 0.353. The molecule has 0 aliphatic heterocycles. The second-order valence-corrected chi connectivity index (χ2v) is 4.39. The van der Waals surface area contributed by atoms with E-state index in [1.54, 1.807) is 48.5 Å². The number of aromatic hydroxyl groups is 1. The van der Waals surface area contributed by atoms with Gasteiger partial charge >= 0.3 is 5.97 Å². The zero-order chi connectivity index (χ0) is 15.1. The van der Waals surface area contributed by atoms with Crippen molar-refractivity contribution < 1.29 is 24.5 Å². The van der Waals surface area contributed by atoms with Crippen LogP contribution in [-0.4, -0.2) is 22.8 Å². The number of phenols is 1. The van der Waals surface area contributed by atoms with Crippen molar-refractivity contribution in [1.82, 2.24) is 0 Å². The Morgan fingerprint density at radius 1 is 1.00 bits per heavy atom. The average Bonchev–Trinajstić information content (AvgIpc) is 2.47. The summed E-state index contributed by atoms with van der Waals surface area (Å²) in [6, 6.07) is 13.6. The predicted octanol–water partition coefficient (Wildman–Crippen LogP) is 3.43. The molecule has 0 spiro atoms. The van der Waals surface area contributed by atoms with Crippen molar-refractivity contribution in [2.24, 2.45) is 0 Å². The highest BCUT2D eigenvalue weighted by Gasteiger charge is 2.03. The van der Waals surface area contributed by atoms with Crippen LogP contribution in [0.4, 0.5) is 0 Å². The Bertz CT molecular complexity index is 592. The quantitative estimate of drug-likeness (QED) is 0.763. The van der Waals surface area contributed by atoms with Gasteiger partial charge in [0.1, 0.15) is 11.5 Å². The minimum absolute atomic E-state index is 0.0755. The summed E-state index contributed by atoms with van der Waals surface area (Å²) in [5, 5.41) is 18.1. The van der Waals surface area contributed by atoms with Crippen molar-refractivity contribution in [2.45, 2.75) is 12.8 Å². The molecular formula is C16H16O5. The third-order valence-electron chi connectivity index (χ3n) is 2.72. The molecule has 2 aromatic carbocycles. The van der Waals surface area contributed by atoms with E-state index in [0.29, 0.717) is 30.3 Å². The molecule has 0 fully saturated rings. The number of rotatable bonds is 7. The van der Waals surface area contributed by atoms with Gasteiger partial charge in [-0.05, 0) is 42.8 Å².